The third kappa shape index (κ3) is 4.68. The third-order valence-electron chi connectivity index (χ3n) is 5.77. The van der Waals surface area contributed by atoms with Crippen LogP contribution in [0, 0.1) is 0 Å². The summed E-state index contributed by atoms with van der Waals surface area (Å²) in [5, 5.41) is 4.26. The minimum Gasteiger partial charge on any atom is -0.287 e. The summed E-state index contributed by atoms with van der Waals surface area (Å²) in [6.07, 6.45) is 4.59. The number of carbonyl (C=O) groups excluding carboxylic acids is 2. The van der Waals surface area contributed by atoms with E-state index in [1.165, 1.54) is 40.8 Å². The van der Waals surface area contributed by atoms with Crippen LogP contribution in [-0.4, -0.2) is 58.0 Å². The maximum Gasteiger partial charge on any atom is 0.433 e. The van der Waals surface area contributed by atoms with E-state index in [0.29, 0.717) is 24.2 Å². The van der Waals surface area contributed by atoms with Crippen LogP contribution in [0.3, 0.4) is 0 Å². The molecule has 0 spiro atoms. The van der Waals surface area contributed by atoms with Gasteiger partial charge in [0.05, 0.1) is 12.7 Å². The van der Waals surface area contributed by atoms with Crippen molar-refractivity contribution < 1.29 is 22.8 Å². The van der Waals surface area contributed by atoms with Gasteiger partial charge in [0.1, 0.15) is 24.0 Å². The standard InChI is InChI=1S/C23H21F3N8O2/c1-2-5-33-18(21(35)34(22(33)36)10-14-8-27-12-28-9-14)11-32-13-29-20(31-32)16-6-17(15-3-4-15)30-19(7-16)23(24,25)26/h6-9,11-13,15H,2-5,10H2,1H3/b18-11-. The Labute approximate surface area is 203 Å². The summed E-state index contributed by atoms with van der Waals surface area (Å²) < 4.78 is 41.4. The Kier molecular flexibility index (Phi) is 5.98. The number of nitrogens with zero attached hydrogens (tertiary/aromatic N) is 8. The van der Waals surface area contributed by atoms with E-state index in [0.717, 1.165) is 23.8 Å². The van der Waals surface area contributed by atoms with E-state index in [4.69, 9.17) is 0 Å². The summed E-state index contributed by atoms with van der Waals surface area (Å²) >= 11 is 0. The Morgan fingerprint density at radius 2 is 1.86 bits per heavy atom. The van der Waals surface area contributed by atoms with Crippen LogP contribution in [0.4, 0.5) is 18.0 Å². The van der Waals surface area contributed by atoms with Gasteiger partial charge in [0.15, 0.2) is 5.82 Å². The molecule has 2 aliphatic rings. The zero-order chi connectivity index (χ0) is 25.4. The molecule has 3 aromatic rings. The first-order valence-electron chi connectivity index (χ1n) is 11.3. The van der Waals surface area contributed by atoms with Crippen LogP contribution in [0.2, 0.25) is 0 Å². The highest BCUT2D eigenvalue weighted by molar-refractivity contribution is 6.13. The van der Waals surface area contributed by atoms with Crippen LogP contribution in [0.25, 0.3) is 17.6 Å². The number of rotatable bonds is 7. The molecule has 1 saturated carbocycles. The predicted octanol–water partition coefficient (Wildman–Crippen LogP) is 3.70. The van der Waals surface area contributed by atoms with E-state index in [-0.39, 0.29) is 29.5 Å². The van der Waals surface area contributed by atoms with Crippen molar-refractivity contribution in [1.82, 2.24) is 39.5 Å². The molecule has 0 radical (unpaired) electrons. The van der Waals surface area contributed by atoms with Crippen molar-refractivity contribution in [2.24, 2.45) is 0 Å². The lowest BCUT2D eigenvalue weighted by atomic mass is 10.1. The van der Waals surface area contributed by atoms with Crippen molar-refractivity contribution >= 4 is 18.1 Å². The summed E-state index contributed by atoms with van der Waals surface area (Å²) in [6.45, 7) is 2.17. The quantitative estimate of drug-likeness (QED) is 0.361. The van der Waals surface area contributed by atoms with Gasteiger partial charge in [-0.05, 0) is 31.4 Å². The SMILES string of the molecule is CCCN1C(=O)N(Cc2cncnc2)C(=O)/C1=C/n1cnc(-c2cc(C3CC3)nc(C(F)(F)F)c2)n1. The topological polar surface area (TPSA) is 110 Å². The molecule has 13 heteroatoms. The average molecular weight is 498 g/mol. The summed E-state index contributed by atoms with van der Waals surface area (Å²) in [7, 11) is 0. The highest BCUT2D eigenvalue weighted by atomic mass is 19.4. The molecule has 1 saturated heterocycles. The second-order valence-corrected chi connectivity index (χ2v) is 8.57. The number of imide groups is 1. The van der Waals surface area contributed by atoms with Gasteiger partial charge in [-0.3, -0.25) is 14.6 Å². The van der Waals surface area contributed by atoms with Crippen LogP contribution < -0.4 is 0 Å². The molecule has 0 unspecified atom stereocenters. The molecule has 0 atom stereocenters. The predicted molar refractivity (Wildman–Crippen MR) is 119 cm³/mol. The summed E-state index contributed by atoms with van der Waals surface area (Å²) in [6, 6.07) is 1.99. The molecule has 1 aliphatic heterocycles. The van der Waals surface area contributed by atoms with Crippen molar-refractivity contribution in [1.29, 1.82) is 0 Å². The monoisotopic (exact) mass is 498 g/mol. The Morgan fingerprint density at radius 3 is 2.53 bits per heavy atom. The lowest BCUT2D eigenvalue weighted by Crippen LogP contribution is -2.33. The molecular formula is C23H21F3N8O2. The number of alkyl halides is 3. The van der Waals surface area contributed by atoms with Gasteiger partial charge >= 0.3 is 12.2 Å². The molecule has 2 fully saturated rings. The van der Waals surface area contributed by atoms with E-state index in [1.54, 1.807) is 6.07 Å². The molecule has 3 aromatic heterocycles. The number of halogens is 3. The van der Waals surface area contributed by atoms with Gasteiger partial charge in [0.25, 0.3) is 5.91 Å². The molecular weight excluding hydrogens is 477 g/mol. The van der Waals surface area contributed by atoms with E-state index in [2.05, 4.69) is 25.0 Å². The minimum atomic E-state index is -4.60. The van der Waals surface area contributed by atoms with Crippen molar-refractivity contribution in [3.8, 4) is 11.4 Å². The number of carbonyl (C=O) groups is 2. The number of hydrogen-bond acceptors (Lipinski definition) is 7. The molecule has 36 heavy (non-hydrogen) atoms. The van der Waals surface area contributed by atoms with Gasteiger partial charge < -0.3 is 0 Å². The zero-order valence-corrected chi connectivity index (χ0v) is 19.2. The smallest absolute Gasteiger partial charge is 0.287 e. The van der Waals surface area contributed by atoms with Crippen molar-refractivity contribution in [2.75, 3.05) is 6.54 Å². The van der Waals surface area contributed by atoms with E-state index >= 15 is 0 Å². The van der Waals surface area contributed by atoms with Gasteiger partial charge in [-0.1, -0.05) is 6.92 Å². The van der Waals surface area contributed by atoms with Crippen LogP contribution in [-0.2, 0) is 17.5 Å². The number of urea groups is 1. The molecule has 0 bridgehead atoms. The van der Waals surface area contributed by atoms with Gasteiger partial charge in [0.2, 0.25) is 0 Å². The average Bonchev–Trinajstić information content (AvgIpc) is 3.57. The fraction of sp³-hybridized carbons (Fsp3) is 0.348. The van der Waals surface area contributed by atoms with Crippen LogP contribution in [0.15, 0.2) is 42.9 Å². The van der Waals surface area contributed by atoms with Crippen molar-refractivity contribution in [3.05, 3.63) is 59.8 Å². The second-order valence-electron chi connectivity index (χ2n) is 8.57. The van der Waals surface area contributed by atoms with Crippen LogP contribution in [0.1, 0.15) is 49.1 Å². The molecule has 1 aliphatic carbocycles. The second kappa shape index (κ2) is 9.13. The number of aromatic nitrogens is 6. The molecule has 186 valence electrons. The lowest BCUT2D eigenvalue weighted by Gasteiger charge is -2.16. The maximum atomic E-state index is 13.4. The van der Waals surface area contributed by atoms with Gasteiger partial charge in [-0.15, -0.1) is 5.10 Å². The molecule has 10 nitrogen and oxygen atoms in total. The zero-order valence-electron chi connectivity index (χ0n) is 19.2. The van der Waals surface area contributed by atoms with Gasteiger partial charge in [0, 0.05) is 41.7 Å². The Hall–Kier alpha value is -4.16. The summed E-state index contributed by atoms with van der Waals surface area (Å²) in [5.74, 6) is -0.478. The number of amides is 3. The van der Waals surface area contributed by atoms with Crippen molar-refractivity contribution in [2.45, 2.75) is 44.8 Å². The molecule has 4 heterocycles. The van der Waals surface area contributed by atoms with E-state index in [9.17, 15) is 22.8 Å². The number of pyridine rings is 1. The third-order valence-corrected chi connectivity index (χ3v) is 5.77. The maximum absolute atomic E-state index is 13.4. The first-order chi connectivity index (χ1) is 17.2. The Bertz CT molecular complexity index is 1330. The minimum absolute atomic E-state index is 0.000153. The van der Waals surface area contributed by atoms with E-state index in [1.807, 2.05) is 6.92 Å². The molecule has 3 amide bonds. The molecule has 5 rings (SSSR count). The largest absolute Gasteiger partial charge is 0.433 e. The fourth-order valence-corrected chi connectivity index (χ4v) is 3.90. The molecule has 0 aromatic carbocycles. The number of hydrogen-bond donors (Lipinski definition) is 0. The highest BCUT2D eigenvalue weighted by Crippen LogP contribution is 2.41. The normalized spacial score (nSPS) is 17.5. The highest BCUT2D eigenvalue weighted by Gasteiger charge is 2.41. The van der Waals surface area contributed by atoms with Crippen LogP contribution >= 0.6 is 0 Å². The van der Waals surface area contributed by atoms with Gasteiger partial charge in [-0.2, -0.15) is 13.2 Å². The summed E-state index contributed by atoms with van der Waals surface area (Å²) in [5.41, 5.74) is 0.217. The lowest BCUT2D eigenvalue weighted by molar-refractivity contribution is -0.141. The molecule has 0 N–H and O–H groups in total. The van der Waals surface area contributed by atoms with Gasteiger partial charge in [-0.25, -0.2) is 29.4 Å². The Balaban J connectivity index is 1.46. The van der Waals surface area contributed by atoms with Crippen LogP contribution in [0.5, 0.6) is 0 Å². The fourth-order valence-electron chi connectivity index (χ4n) is 3.90. The Morgan fingerprint density at radius 1 is 1.11 bits per heavy atom. The van der Waals surface area contributed by atoms with E-state index < -0.39 is 23.8 Å². The summed E-state index contributed by atoms with van der Waals surface area (Å²) in [4.78, 5) is 44.2. The van der Waals surface area contributed by atoms with Crippen molar-refractivity contribution in [3.63, 3.8) is 0 Å². The first kappa shape index (κ1) is 23.6. The first-order valence-corrected chi connectivity index (χ1v) is 11.3.